The normalized spacial score (nSPS) is 11.2. The fourth-order valence-corrected chi connectivity index (χ4v) is 6.76. The van der Waals surface area contributed by atoms with Crippen LogP contribution in [0, 0.1) is 7.14 Å². The highest BCUT2D eigenvalue weighted by Crippen LogP contribution is 2.30. The van der Waals surface area contributed by atoms with Crippen molar-refractivity contribution in [2.24, 2.45) is 5.10 Å². The molecule has 32 heavy (non-hydrogen) atoms. The van der Waals surface area contributed by atoms with Crippen LogP contribution in [-0.4, -0.2) is 22.9 Å². The highest BCUT2D eigenvalue weighted by Gasteiger charge is 2.10. The quantitative estimate of drug-likeness (QED) is 0.102. The first-order valence-electron chi connectivity index (χ1n) is 9.54. The van der Waals surface area contributed by atoms with E-state index in [1.54, 1.807) is 17.6 Å². The topological polar surface area (TPSA) is 63.6 Å². The maximum atomic E-state index is 12.1. The summed E-state index contributed by atoms with van der Waals surface area (Å²) in [7, 11) is 0. The third kappa shape index (κ3) is 6.42. The zero-order valence-corrected chi connectivity index (χ0v) is 22.6. The molecule has 4 aromatic rings. The second-order valence-corrected chi connectivity index (χ2v) is 11.2. The van der Waals surface area contributed by atoms with Crippen molar-refractivity contribution in [3.63, 3.8) is 0 Å². The number of aromatic nitrogens is 1. The van der Waals surface area contributed by atoms with Gasteiger partial charge in [0.05, 0.1) is 29.3 Å². The highest BCUT2D eigenvalue weighted by molar-refractivity contribution is 14.1. The average molecular weight is 685 g/mol. The lowest BCUT2D eigenvalue weighted by Gasteiger charge is -2.11. The van der Waals surface area contributed by atoms with E-state index in [1.807, 2.05) is 66.7 Å². The van der Waals surface area contributed by atoms with Crippen molar-refractivity contribution in [1.29, 1.82) is 0 Å². The molecule has 1 heterocycles. The van der Waals surface area contributed by atoms with Crippen LogP contribution in [0.15, 0.2) is 76.2 Å². The lowest BCUT2D eigenvalue weighted by Crippen LogP contribution is -2.19. The average Bonchev–Trinajstić information content (AvgIpc) is 3.21. The Morgan fingerprint density at radius 3 is 2.56 bits per heavy atom. The Morgan fingerprint density at radius 1 is 1.09 bits per heavy atom. The van der Waals surface area contributed by atoms with E-state index in [-0.39, 0.29) is 11.7 Å². The van der Waals surface area contributed by atoms with Gasteiger partial charge in [-0.3, -0.25) is 4.79 Å². The number of ether oxygens (including phenoxy) is 1. The molecule has 0 aliphatic carbocycles. The van der Waals surface area contributed by atoms with Crippen LogP contribution in [0.25, 0.3) is 10.2 Å². The fourth-order valence-electron chi connectivity index (χ4n) is 2.77. The molecule has 1 amide bonds. The molecule has 9 heteroatoms. The van der Waals surface area contributed by atoms with E-state index < -0.39 is 0 Å². The molecule has 0 spiro atoms. The number of nitrogens with zero attached hydrogens (tertiary/aromatic N) is 2. The van der Waals surface area contributed by atoms with Crippen molar-refractivity contribution in [2.75, 3.05) is 5.75 Å². The van der Waals surface area contributed by atoms with E-state index in [9.17, 15) is 4.79 Å². The van der Waals surface area contributed by atoms with E-state index >= 15 is 0 Å². The largest absolute Gasteiger partial charge is 0.487 e. The van der Waals surface area contributed by atoms with Gasteiger partial charge in [-0.1, -0.05) is 54.2 Å². The molecule has 0 saturated heterocycles. The SMILES string of the molecule is O=C(CSc1nc2ccccc2s1)N/N=C\c1cc(I)c(OCc2ccccc2)c(I)c1. The molecule has 0 aliphatic rings. The van der Waals surface area contributed by atoms with Gasteiger partial charge < -0.3 is 4.74 Å². The van der Waals surface area contributed by atoms with Gasteiger partial charge >= 0.3 is 0 Å². The number of amides is 1. The number of halogens is 2. The molecule has 0 radical (unpaired) electrons. The van der Waals surface area contributed by atoms with Crippen LogP contribution in [0.3, 0.4) is 0 Å². The van der Waals surface area contributed by atoms with Crippen LogP contribution < -0.4 is 10.2 Å². The van der Waals surface area contributed by atoms with Crippen LogP contribution in [0.2, 0.25) is 0 Å². The van der Waals surface area contributed by atoms with Crippen LogP contribution in [0.5, 0.6) is 5.75 Å². The summed E-state index contributed by atoms with van der Waals surface area (Å²) >= 11 is 7.51. The van der Waals surface area contributed by atoms with Gasteiger partial charge in [0.2, 0.25) is 0 Å². The Labute approximate surface area is 221 Å². The first kappa shape index (κ1) is 23.5. The van der Waals surface area contributed by atoms with Crippen LogP contribution in [-0.2, 0) is 11.4 Å². The molecule has 0 aliphatic heterocycles. The number of para-hydroxylation sites is 1. The Bertz CT molecular complexity index is 1210. The molecule has 0 unspecified atom stereocenters. The summed E-state index contributed by atoms with van der Waals surface area (Å²) in [6.07, 6.45) is 1.64. The Hall–Kier alpha value is -1.70. The van der Waals surface area contributed by atoms with Gasteiger partial charge in [-0.25, -0.2) is 10.4 Å². The minimum atomic E-state index is -0.169. The molecular formula is C23H17I2N3O2S2. The summed E-state index contributed by atoms with van der Waals surface area (Å²) in [5.41, 5.74) is 5.56. The molecule has 162 valence electrons. The summed E-state index contributed by atoms with van der Waals surface area (Å²) in [5, 5.41) is 4.10. The second kappa shape index (κ2) is 11.4. The predicted molar refractivity (Wildman–Crippen MR) is 149 cm³/mol. The molecule has 3 aromatic carbocycles. The predicted octanol–water partition coefficient (Wildman–Crippen LogP) is 6.33. The zero-order valence-electron chi connectivity index (χ0n) is 16.6. The van der Waals surface area contributed by atoms with Crippen molar-refractivity contribution in [2.45, 2.75) is 10.9 Å². The minimum absolute atomic E-state index is 0.169. The van der Waals surface area contributed by atoms with Gasteiger partial charge in [0.1, 0.15) is 12.4 Å². The number of thiazole rings is 1. The number of rotatable bonds is 8. The maximum Gasteiger partial charge on any atom is 0.250 e. The molecule has 0 saturated carbocycles. The highest BCUT2D eigenvalue weighted by atomic mass is 127. The molecule has 5 nitrogen and oxygen atoms in total. The number of carbonyl (C=O) groups excluding carboxylic acids is 1. The van der Waals surface area contributed by atoms with E-state index in [0.29, 0.717) is 6.61 Å². The van der Waals surface area contributed by atoms with E-state index in [4.69, 9.17) is 4.74 Å². The van der Waals surface area contributed by atoms with Gasteiger partial charge in [-0.15, -0.1) is 11.3 Å². The standard InChI is InChI=1S/C23H17I2N3O2S2/c24-17-10-16(11-18(25)22(17)30-13-15-6-2-1-3-7-15)12-26-28-21(29)14-31-23-27-19-8-4-5-9-20(19)32-23/h1-12H,13-14H2,(H,28,29)/b26-12-. The van der Waals surface area contributed by atoms with Gasteiger partial charge in [0.25, 0.3) is 5.91 Å². The van der Waals surface area contributed by atoms with Gasteiger partial charge in [-0.2, -0.15) is 5.10 Å². The fraction of sp³-hybridized carbons (Fsp3) is 0.0870. The summed E-state index contributed by atoms with van der Waals surface area (Å²) in [6.45, 7) is 0.517. The number of benzene rings is 3. The Balaban J connectivity index is 1.30. The molecule has 0 atom stereocenters. The summed E-state index contributed by atoms with van der Waals surface area (Å²) in [5.74, 6) is 0.944. The van der Waals surface area contributed by atoms with Crippen LogP contribution >= 0.6 is 68.3 Å². The molecule has 1 aromatic heterocycles. The minimum Gasteiger partial charge on any atom is -0.487 e. The van der Waals surface area contributed by atoms with Gasteiger partial charge in [0.15, 0.2) is 4.34 Å². The first-order chi connectivity index (χ1) is 15.6. The van der Waals surface area contributed by atoms with Gasteiger partial charge in [-0.05, 0) is 80.6 Å². The molecular weight excluding hydrogens is 668 g/mol. The lowest BCUT2D eigenvalue weighted by molar-refractivity contribution is -0.118. The number of hydrogen-bond donors (Lipinski definition) is 1. The third-order valence-electron chi connectivity index (χ3n) is 4.25. The third-order valence-corrected chi connectivity index (χ3v) is 8.03. The van der Waals surface area contributed by atoms with E-state index in [2.05, 4.69) is 60.7 Å². The molecule has 0 fully saturated rings. The molecule has 1 N–H and O–H groups in total. The lowest BCUT2D eigenvalue weighted by atomic mass is 10.2. The maximum absolute atomic E-state index is 12.1. The zero-order chi connectivity index (χ0) is 22.3. The summed E-state index contributed by atoms with van der Waals surface area (Å²) in [6, 6.07) is 22.0. The van der Waals surface area contributed by atoms with E-state index in [0.717, 1.165) is 38.6 Å². The van der Waals surface area contributed by atoms with Crippen molar-refractivity contribution in [1.82, 2.24) is 10.4 Å². The van der Waals surface area contributed by atoms with Crippen molar-refractivity contribution < 1.29 is 9.53 Å². The summed E-state index contributed by atoms with van der Waals surface area (Å²) < 4.78 is 9.99. The Kier molecular flexibility index (Phi) is 8.38. The molecule has 4 rings (SSSR count). The number of nitrogens with one attached hydrogen (secondary N) is 1. The first-order valence-corrected chi connectivity index (χ1v) is 13.5. The number of fused-ring (bicyclic) bond motifs is 1. The monoisotopic (exact) mass is 685 g/mol. The van der Waals surface area contributed by atoms with Crippen molar-refractivity contribution in [3.05, 3.63) is 85.0 Å². The van der Waals surface area contributed by atoms with Crippen molar-refractivity contribution >= 4 is 90.6 Å². The number of carbonyl (C=O) groups is 1. The Morgan fingerprint density at radius 2 is 1.81 bits per heavy atom. The number of hydrazone groups is 1. The number of thioether (sulfide) groups is 1. The van der Waals surface area contributed by atoms with Crippen LogP contribution in [0.1, 0.15) is 11.1 Å². The molecule has 0 bridgehead atoms. The van der Waals surface area contributed by atoms with Gasteiger partial charge in [0, 0.05) is 0 Å². The van der Waals surface area contributed by atoms with Crippen molar-refractivity contribution in [3.8, 4) is 5.75 Å². The second-order valence-electron chi connectivity index (χ2n) is 6.62. The van der Waals surface area contributed by atoms with Crippen LogP contribution in [0.4, 0.5) is 0 Å². The smallest absolute Gasteiger partial charge is 0.250 e. The number of hydrogen-bond acceptors (Lipinski definition) is 6. The van der Waals surface area contributed by atoms with E-state index in [1.165, 1.54) is 11.8 Å². The summed E-state index contributed by atoms with van der Waals surface area (Å²) in [4.78, 5) is 16.7.